The summed E-state index contributed by atoms with van der Waals surface area (Å²) in [5.41, 5.74) is 0.245. The highest BCUT2D eigenvalue weighted by Crippen LogP contribution is 2.51. The molecule has 1 amide bonds. The molecular formula is C12H23ClN2O. The molecule has 1 saturated heterocycles. The number of nitrogens with one attached hydrogen (secondary N) is 2. The monoisotopic (exact) mass is 246 g/mol. The molecule has 4 heteroatoms. The van der Waals surface area contributed by atoms with E-state index in [0.29, 0.717) is 12.1 Å². The zero-order valence-electron chi connectivity index (χ0n) is 10.4. The molecule has 1 aliphatic carbocycles. The van der Waals surface area contributed by atoms with Gasteiger partial charge < -0.3 is 10.6 Å². The van der Waals surface area contributed by atoms with E-state index in [-0.39, 0.29) is 29.6 Å². The summed E-state index contributed by atoms with van der Waals surface area (Å²) in [6.07, 6.45) is 3.34. The second kappa shape index (κ2) is 4.92. The third-order valence-corrected chi connectivity index (χ3v) is 3.92. The van der Waals surface area contributed by atoms with Crippen molar-refractivity contribution in [3.8, 4) is 0 Å². The molecule has 0 radical (unpaired) electrons. The number of rotatable bonds is 2. The number of hydrogen-bond acceptors (Lipinski definition) is 2. The number of carbonyl (C=O) groups excluding carboxylic acids is 1. The number of piperidine rings is 1. The number of hydrogen-bond donors (Lipinski definition) is 2. The van der Waals surface area contributed by atoms with Crippen LogP contribution < -0.4 is 10.6 Å². The first-order valence-electron chi connectivity index (χ1n) is 6.04. The van der Waals surface area contributed by atoms with Crippen molar-refractivity contribution in [2.45, 2.75) is 52.1 Å². The Morgan fingerprint density at radius 2 is 2.06 bits per heavy atom. The molecule has 2 rings (SSSR count). The van der Waals surface area contributed by atoms with Gasteiger partial charge in [-0.2, -0.15) is 0 Å². The molecular weight excluding hydrogens is 224 g/mol. The van der Waals surface area contributed by atoms with E-state index in [1.807, 2.05) is 0 Å². The van der Waals surface area contributed by atoms with Gasteiger partial charge in [0, 0.05) is 18.0 Å². The van der Waals surface area contributed by atoms with Crippen LogP contribution in [0.3, 0.4) is 0 Å². The van der Waals surface area contributed by atoms with Crippen LogP contribution in [-0.2, 0) is 4.79 Å². The molecule has 0 aromatic heterocycles. The number of amides is 1. The van der Waals surface area contributed by atoms with Gasteiger partial charge in [0.05, 0.1) is 0 Å². The first kappa shape index (κ1) is 13.8. The van der Waals surface area contributed by atoms with Crippen LogP contribution in [0.4, 0.5) is 0 Å². The van der Waals surface area contributed by atoms with Crippen LogP contribution in [-0.4, -0.2) is 24.5 Å². The second-order valence-electron chi connectivity index (χ2n) is 5.75. The van der Waals surface area contributed by atoms with Crippen LogP contribution in [0.1, 0.15) is 40.0 Å². The fraction of sp³-hybridized carbons (Fsp3) is 0.917. The Kier molecular flexibility index (Phi) is 4.24. The van der Waals surface area contributed by atoms with Crippen LogP contribution in [0.15, 0.2) is 0 Å². The highest BCUT2D eigenvalue weighted by atomic mass is 35.5. The predicted molar refractivity (Wildman–Crippen MR) is 67.8 cm³/mol. The Morgan fingerprint density at radius 3 is 2.56 bits per heavy atom. The maximum atomic E-state index is 11.9. The van der Waals surface area contributed by atoms with Gasteiger partial charge in [0.1, 0.15) is 0 Å². The Balaban J connectivity index is 0.00000128. The first-order valence-corrected chi connectivity index (χ1v) is 6.04. The molecule has 16 heavy (non-hydrogen) atoms. The largest absolute Gasteiger partial charge is 0.352 e. The summed E-state index contributed by atoms with van der Waals surface area (Å²) in [5.74, 6) is 0.521. The van der Waals surface area contributed by atoms with Gasteiger partial charge in [-0.1, -0.05) is 13.8 Å². The van der Waals surface area contributed by atoms with Gasteiger partial charge in [0.2, 0.25) is 5.91 Å². The minimum absolute atomic E-state index is 0. The smallest absolute Gasteiger partial charge is 0.223 e. The van der Waals surface area contributed by atoms with E-state index in [1.165, 1.54) is 6.42 Å². The molecule has 1 saturated carbocycles. The van der Waals surface area contributed by atoms with Gasteiger partial charge in [-0.05, 0) is 38.1 Å². The topological polar surface area (TPSA) is 41.1 Å². The van der Waals surface area contributed by atoms with E-state index in [9.17, 15) is 4.79 Å². The van der Waals surface area contributed by atoms with Crippen molar-refractivity contribution >= 4 is 18.3 Å². The lowest BCUT2D eigenvalue weighted by molar-refractivity contribution is -0.124. The lowest BCUT2D eigenvalue weighted by Crippen LogP contribution is -2.52. The average molecular weight is 247 g/mol. The molecule has 0 aromatic carbocycles. The molecule has 2 N–H and O–H groups in total. The summed E-state index contributed by atoms with van der Waals surface area (Å²) in [4.78, 5) is 11.9. The van der Waals surface area contributed by atoms with E-state index < -0.39 is 0 Å². The van der Waals surface area contributed by atoms with Crippen molar-refractivity contribution in [2.75, 3.05) is 6.54 Å². The van der Waals surface area contributed by atoms with Gasteiger partial charge >= 0.3 is 0 Å². The third-order valence-electron chi connectivity index (χ3n) is 3.92. The maximum absolute atomic E-state index is 11.9. The van der Waals surface area contributed by atoms with Crippen LogP contribution >= 0.6 is 12.4 Å². The van der Waals surface area contributed by atoms with E-state index in [1.54, 1.807) is 0 Å². The van der Waals surface area contributed by atoms with Crippen molar-refractivity contribution < 1.29 is 4.79 Å². The minimum Gasteiger partial charge on any atom is -0.352 e. The summed E-state index contributed by atoms with van der Waals surface area (Å²) in [6.45, 7) is 7.57. The first-order chi connectivity index (χ1) is 7.00. The van der Waals surface area contributed by atoms with Gasteiger partial charge in [-0.15, -0.1) is 12.4 Å². The van der Waals surface area contributed by atoms with Crippen LogP contribution in [0, 0.1) is 11.3 Å². The standard InChI is InChI=1S/C12H22N2O.ClH/c1-8-10(5-4-6-13-8)14-11(15)9-7-12(9,2)3;/h8-10,13H,4-7H2,1-3H3,(H,14,15);1H. The average Bonchev–Trinajstić information content (AvgIpc) is 2.79. The number of halogens is 1. The van der Waals surface area contributed by atoms with E-state index >= 15 is 0 Å². The van der Waals surface area contributed by atoms with Crippen LogP contribution in [0.25, 0.3) is 0 Å². The van der Waals surface area contributed by atoms with Gasteiger partial charge in [-0.25, -0.2) is 0 Å². The molecule has 0 spiro atoms. The molecule has 2 fully saturated rings. The van der Waals surface area contributed by atoms with Gasteiger partial charge in [0.15, 0.2) is 0 Å². The SMILES string of the molecule is CC1NCCCC1NC(=O)C1CC1(C)C.Cl. The van der Waals surface area contributed by atoms with Crippen LogP contribution in [0.5, 0.6) is 0 Å². The lowest BCUT2D eigenvalue weighted by atomic mass is 9.99. The van der Waals surface area contributed by atoms with E-state index in [4.69, 9.17) is 0 Å². The Labute approximate surface area is 104 Å². The Bertz CT molecular complexity index is 268. The molecule has 3 nitrogen and oxygen atoms in total. The van der Waals surface area contributed by atoms with Crippen LogP contribution in [0.2, 0.25) is 0 Å². The number of carbonyl (C=O) groups is 1. The summed E-state index contributed by atoms with van der Waals surface area (Å²) in [7, 11) is 0. The predicted octanol–water partition coefficient (Wildman–Crippen LogP) is 1.71. The van der Waals surface area contributed by atoms with Crippen molar-refractivity contribution in [1.82, 2.24) is 10.6 Å². The fourth-order valence-corrected chi connectivity index (χ4v) is 2.44. The summed E-state index contributed by atoms with van der Waals surface area (Å²) in [6, 6.07) is 0.757. The maximum Gasteiger partial charge on any atom is 0.223 e. The van der Waals surface area contributed by atoms with Crippen molar-refractivity contribution in [2.24, 2.45) is 11.3 Å². The molecule has 1 heterocycles. The molecule has 0 aromatic rings. The quantitative estimate of drug-likeness (QED) is 0.779. The summed E-state index contributed by atoms with van der Waals surface area (Å²) in [5, 5.41) is 6.59. The zero-order valence-corrected chi connectivity index (χ0v) is 11.2. The van der Waals surface area contributed by atoms with Gasteiger partial charge in [-0.3, -0.25) is 4.79 Å². The molecule has 2 aliphatic rings. The summed E-state index contributed by atoms with van der Waals surface area (Å²) < 4.78 is 0. The molecule has 94 valence electrons. The summed E-state index contributed by atoms with van der Waals surface area (Å²) >= 11 is 0. The highest BCUT2D eigenvalue weighted by Gasteiger charge is 2.50. The third kappa shape index (κ3) is 2.89. The van der Waals surface area contributed by atoms with Crippen molar-refractivity contribution in [3.05, 3.63) is 0 Å². The fourth-order valence-electron chi connectivity index (χ4n) is 2.44. The molecule has 3 atom stereocenters. The lowest BCUT2D eigenvalue weighted by Gasteiger charge is -2.30. The van der Waals surface area contributed by atoms with Crippen molar-refractivity contribution in [3.63, 3.8) is 0 Å². The highest BCUT2D eigenvalue weighted by molar-refractivity contribution is 5.85. The normalized spacial score (nSPS) is 36.1. The van der Waals surface area contributed by atoms with Crippen molar-refractivity contribution in [1.29, 1.82) is 0 Å². The van der Waals surface area contributed by atoms with E-state index in [2.05, 4.69) is 31.4 Å². The molecule has 1 aliphatic heterocycles. The Hall–Kier alpha value is -0.280. The van der Waals surface area contributed by atoms with E-state index in [0.717, 1.165) is 19.4 Å². The molecule has 3 unspecified atom stereocenters. The molecule has 0 bridgehead atoms. The Morgan fingerprint density at radius 1 is 1.44 bits per heavy atom. The minimum atomic E-state index is 0. The van der Waals surface area contributed by atoms with Gasteiger partial charge in [0.25, 0.3) is 0 Å². The second-order valence-corrected chi connectivity index (χ2v) is 5.75. The zero-order chi connectivity index (χ0) is 11.1.